The molecule has 0 unspecified atom stereocenters. The second-order valence-electron chi connectivity index (χ2n) is 6.51. The van der Waals surface area contributed by atoms with Gasteiger partial charge in [0.1, 0.15) is 0 Å². The molecule has 4 nitrogen and oxygen atoms in total. The maximum atomic E-state index is 4.70. The molecule has 0 aliphatic rings. The van der Waals surface area contributed by atoms with Crippen LogP contribution < -0.4 is 10.6 Å². The van der Waals surface area contributed by atoms with Gasteiger partial charge in [-0.3, -0.25) is 9.89 Å². The van der Waals surface area contributed by atoms with E-state index in [9.17, 15) is 0 Å². The van der Waals surface area contributed by atoms with Crippen molar-refractivity contribution in [3.8, 4) is 0 Å². The first-order valence-corrected chi connectivity index (χ1v) is 9.29. The fourth-order valence-electron chi connectivity index (χ4n) is 2.09. The fourth-order valence-corrected chi connectivity index (χ4v) is 2.29. The zero-order valence-corrected chi connectivity index (χ0v) is 16.1. The number of hydrogen-bond donors (Lipinski definition) is 2. The number of nitrogens with one attached hydrogen (secondary N) is 2. The van der Waals surface area contributed by atoms with Crippen molar-refractivity contribution in [2.24, 2.45) is 4.99 Å². The second-order valence-corrected chi connectivity index (χ2v) is 8.02. The van der Waals surface area contributed by atoms with E-state index < -0.39 is 0 Å². The Labute approximate surface area is 136 Å². The number of aliphatic imine (C=N–C) groups is 1. The summed E-state index contributed by atoms with van der Waals surface area (Å²) in [6.45, 7) is 19.2. The first kappa shape index (κ1) is 20.6. The number of guanidine groups is 1. The van der Waals surface area contributed by atoms with Gasteiger partial charge in [-0.15, -0.1) is 0 Å². The molecule has 2 N–H and O–H groups in total. The van der Waals surface area contributed by atoms with E-state index in [1.807, 2.05) is 11.8 Å². The van der Waals surface area contributed by atoms with Crippen LogP contribution in [0, 0.1) is 0 Å². The summed E-state index contributed by atoms with van der Waals surface area (Å²) in [7, 11) is 0. The average molecular weight is 317 g/mol. The molecule has 0 amide bonds. The Morgan fingerprint density at radius 3 is 2.14 bits per heavy atom. The summed E-state index contributed by atoms with van der Waals surface area (Å²) in [5.74, 6) is 0.923. The number of rotatable bonds is 9. The van der Waals surface area contributed by atoms with Gasteiger partial charge in [0.15, 0.2) is 5.96 Å². The summed E-state index contributed by atoms with van der Waals surface area (Å²) >= 11 is 1.85. The minimum absolute atomic E-state index is 0.185. The normalized spacial score (nSPS) is 13.4. The third-order valence-corrected chi connectivity index (χ3v) is 4.74. The Balaban J connectivity index is 4.42. The first-order valence-electron chi connectivity index (χ1n) is 8.06. The van der Waals surface area contributed by atoms with Crippen molar-refractivity contribution in [2.75, 3.05) is 32.4 Å². The molecule has 5 heteroatoms. The van der Waals surface area contributed by atoms with E-state index in [-0.39, 0.29) is 4.75 Å². The largest absolute Gasteiger partial charge is 0.357 e. The molecule has 0 rings (SSSR count). The van der Waals surface area contributed by atoms with Gasteiger partial charge in [0.05, 0.1) is 6.54 Å². The van der Waals surface area contributed by atoms with Gasteiger partial charge in [0, 0.05) is 36.5 Å². The molecular weight excluding hydrogens is 280 g/mol. The van der Waals surface area contributed by atoms with Gasteiger partial charge >= 0.3 is 0 Å². The molecule has 0 radical (unpaired) electrons. The topological polar surface area (TPSA) is 39.7 Å². The van der Waals surface area contributed by atoms with Gasteiger partial charge in [0.2, 0.25) is 0 Å². The molecule has 0 spiro atoms. The molecule has 0 aromatic rings. The molecule has 0 aromatic heterocycles. The number of thioether (sulfide) groups is 1. The van der Waals surface area contributed by atoms with Gasteiger partial charge < -0.3 is 10.6 Å². The summed E-state index contributed by atoms with van der Waals surface area (Å²) < 4.78 is 0.185. The van der Waals surface area contributed by atoms with Crippen LogP contribution in [-0.4, -0.2) is 60.1 Å². The van der Waals surface area contributed by atoms with E-state index in [1.165, 1.54) is 0 Å². The minimum atomic E-state index is 0.185. The van der Waals surface area contributed by atoms with Crippen LogP contribution in [0.5, 0.6) is 0 Å². The molecule has 0 bridgehead atoms. The van der Waals surface area contributed by atoms with Crippen LogP contribution in [0.2, 0.25) is 0 Å². The summed E-state index contributed by atoms with van der Waals surface area (Å²) in [5, 5.41) is 6.77. The molecule has 0 heterocycles. The van der Waals surface area contributed by atoms with Crippen molar-refractivity contribution in [3.05, 3.63) is 0 Å². The van der Waals surface area contributed by atoms with E-state index in [0.717, 1.165) is 32.1 Å². The maximum absolute atomic E-state index is 4.70. The number of hydrogen-bond acceptors (Lipinski definition) is 3. The number of nitrogens with zero attached hydrogens (tertiary/aromatic N) is 2. The highest BCUT2D eigenvalue weighted by molar-refractivity contribution is 7.99. The van der Waals surface area contributed by atoms with Gasteiger partial charge in [-0.1, -0.05) is 0 Å². The molecule has 0 atom stereocenters. The lowest BCUT2D eigenvalue weighted by Crippen LogP contribution is -2.45. The monoisotopic (exact) mass is 316 g/mol. The van der Waals surface area contributed by atoms with E-state index in [1.54, 1.807) is 0 Å². The Morgan fingerprint density at radius 1 is 1.14 bits per heavy atom. The van der Waals surface area contributed by atoms with Crippen LogP contribution in [-0.2, 0) is 0 Å². The van der Waals surface area contributed by atoms with Gasteiger partial charge in [-0.05, 0) is 54.7 Å². The molecule has 0 aromatic carbocycles. The molecule has 0 aliphatic carbocycles. The van der Waals surface area contributed by atoms with Crippen LogP contribution in [0.3, 0.4) is 0 Å². The summed E-state index contributed by atoms with van der Waals surface area (Å²) in [6.07, 6.45) is 2.14. The van der Waals surface area contributed by atoms with E-state index >= 15 is 0 Å². The minimum Gasteiger partial charge on any atom is -0.357 e. The lowest BCUT2D eigenvalue weighted by atomic mass is 10.2. The van der Waals surface area contributed by atoms with Crippen LogP contribution >= 0.6 is 11.8 Å². The Kier molecular flexibility index (Phi) is 10.1. The van der Waals surface area contributed by atoms with E-state index in [4.69, 9.17) is 4.99 Å². The van der Waals surface area contributed by atoms with Crippen LogP contribution in [0.25, 0.3) is 0 Å². The van der Waals surface area contributed by atoms with Crippen LogP contribution in [0.4, 0.5) is 0 Å². The standard InChI is InChI=1S/C16H36N4S/c1-9-17-15(19-12-16(6,7)21-8)18-10-11-20(13(2)3)14(4)5/h13-14H,9-12H2,1-8H3,(H2,17,18,19). The van der Waals surface area contributed by atoms with E-state index in [0.29, 0.717) is 12.1 Å². The summed E-state index contributed by atoms with van der Waals surface area (Å²) in [6, 6.07) is 1.14. The highest BCUT2D eigenvalue weighted by atomic mass is 32.2. The molecular formula is C16H36N4S. The maximum Gasteiger partial charge on any atom is 0.191 e. The fraction of sp³-hybridized carbons (Fsp3) is 0.938. The quantitative estimate of drug-likeness (QED) is 0.507. The molecule has 0 saturated carbocycles. The summed E-state index contributed by atoms with van der Waals surface area (Å²) in [5.41, 5.74) is 0. The zero-order valence-electron chi connectivity index (χ0n) is 15.3. The third-order valence-electron chi connectivity index (χ3n) is 3.50. The molecule has 126 valence electrons. The lowest BCUT2D eigenvalue weighted by molar-refractivity contribution is 0.178. The van der Waals surface area contributed by atoms with Crippen molar-refractivity contribution in [3.63, 3.8) is 0 Å². The Morgan fingerprint density at radius 2 is 1.71 bits per heavy atom. The third kappa shape index (κ3) is 9.25. The van der Waals surface area contributed by atoms with Crippen molar-refractivity contribution < 1.29 is 0 Å². The zero-order chi connectivity index (χ0) is 16.5. The smallest absolute Gasteiger partial charge is 0.191 e. The predicted octanol–water partition coefficient (Wildman–Crippen LogP) is 2.80. The van der Waals surface area contributed by atoms with E-state index in [2.05, 4.69) is 70.3 Å². The van der Waals surface area contributed by atoms with Crippen LogP contribution in [0.1, 0.15) is 48.5 Å². The van der Waals surface area contributed by atoms with Crippen molar-refractivity contribution in [1.82, 2.24) is 15.5 Å². The Bertz CT molecular complexity index is 293. The second kappa shape index (κ2) is 10.3. The highest BCUT2D eigenvalue weighted by Gasteiger charge is 2.16. The van der Waals surface area contributed by atoms with Crippen molar-refractivity contribution in [1.29, 1.82) is 0 Å². The van der Waals surface area contributed by atoms with Crippen LogP contribution in [0.15, 0.2) is 4.99 Å². The Hall–Kier alpha value is -0.420. The molecule has 0 aliphatic heterocycles. The highest BCUT2D eigenvalue weighted by Crippen LogP contribution is 2.20. The average Bonchev–Trinajstić information content (AvgIpc) is 2.39. The van der Waals surface area contributed by atoms with Gasteiger partial charge in [-0.2, -0.15) is 11.8 Å². The summed E-state index contributed by atoms with van der Waals surface area (Å²) in [4.78, 5) is 7.19. The SMILES string of the molecule is CCNC(=NCC(C)(C)SC)NCCN(C(C)C)C(C)C. The first-order chi connectivity index (χ1) is 9.73. The predicted molar refractivity (Wildman–Crippen MR) is 98.6 cm³/mol. The van der Waals surface area contributed by atoms with Crippen molar-refractivity contribution in [2.45, 2.75) is 65.3 Å². The molecule has 21 heavy (non-hydrogen) atoms. The van der Waals surface area contributed by atoms with Gasteiger partial charge in [0.25, 0.3) is 0 Å². The molecule has 0 fully saturated rings. The van der Waals surface area contributed by atoms with Crippen molar-refractivity contribution >= 4 is 17.7 Å². The lowest BCUT2D eigenvalue weighted by Gasteiger charge is -2.30. The van der Waals surface area contributed by atoms with Gasteiger partial charge in [-0.25, -0.2) is 0 Å². The molecule has 0 saturated heterocycles.